The second kappa shape index (κ2) is 10.9. The standard InChI is InChI=1S/C19H35N3O2.HI/c1-3-20-19(22-16-13-15-9-10-18(16)24-15)21-12-11-17(23-4-2)14-7-5-6-8-14;/h14-18H,3-13H2,1-2H3,(H2,20,21,22);1H. The summed E-state index contributed by atoms with van der Waals surface area (Å²) in [6.07, 6.45) is 11.2. The fourth-order valence-corrected chi connectivity index (χ4v) is 4.59. The summed E-state index contributed by atoms with van der Waals surface area (Å²) in [6.45, 7) is 6.76. The second-order valence-electron chi connectivity index (χ2n) is 7.45. The zero-order chi connectivity index (χ0) is 16.8. The van der Waals surface area contributed by atoms with Gasteiger partial charge in [0.15, 0.2) is 5.96 Å². The highest BCUT2D eigenvalue weighted by molar-refractivity contribution is 14.0. The summed E-state index contributed by atoms with van der Waals surface area (Å²) in [4.78, 5) is 4.81. The Morgan fingerprint density at radius 3 is 2.60 bits per heavy atom. The first-order valence-electron chi connectivity index (χ1n) is 10.1. The van der Waals surface area contributed by atoms with Crippen LogP contribution in [-0.2, 0) is 9.47 Å². The van der Waals surface area contributed by atoms with E-state index >= 15 is 0 Å². The number of rotatable bonds is 8. The predicted octanol–water partition coefficient (Wildman–Crippen LogP) is 3.46. The molecule has 1 aliphatic carbocycles. The van der Waals surface area contributed by atoms with Gasteiger partial charge in [0.1, 0.15) is 0 Å². The van der Waals surface area contributed by atoms with Gasteiger partial charge >= 0.3 is 0 Å². The predicted molar refractivity (Wildman–Crippen MR) is 113 cm³/mol. The third kappa shape index (κ3) is 5.96. The maximum atomic E-state index is 6.01. The molecule has 25 heavy (non-hydrogen) atoms. The van der Waals surface area contributed by atoms with E-state index in [2.05, 4.69) is 24.5 Å². The van der Waals surface area contributed by atoms with E-state index in [1.165, 1.54) is 38.5 Å². The van der Waals surface area contributed by atoms with Gasteiger partial charge in [-0.25, -0.2) is 0 Å². The van der Waals surface area contributed by atoms with Crippen LogP contribution in [0.2, 0.25) is 0 Å². The number of hydrogen-bond acceptors (Lipinski definition) is 3. The van der Waals surface area contributed by atoms with Gasteiger partial charge in [0.2, 0.25) is 0 Å². The van der Waals surface area contributed by atoms with E-state index in [4.69, 9.17) is 14.5 Å². The molecule has 0 amide bonds. The molecular weight excluding hydrogens is 429 g/mol. The third-order valence-electron chi connectivity index (χ3n) is 5.76. The average Bonchev–Trinajstić information content (AvgIpc) is 3.32. The molecule has 4 unspecified atom stereocenters. The summed E-state index contributed by atoms with van der Waals surface area (Å²) in [5.41, 5.74) is 0. The second-order valence-corrected chi connectivity index (χ2v) is 7.45. The number of halogens is 1. The highest BCUT2D eigenvalue weighted by Gasteiger charge is 2.41. The molecule has 0 aromatic heterocycles. The van der Waals surface area contributed by atoms with Crippen LogP contribution >= 0.6 is 24.0 Å². The Hall–Kier alpha value is -0.0800. The molecule has 2 aliphatic heterocycles. The molecule has 0 radical (unpaired) electrons. The van der Waals surface area contributed by atoms with Gasteiger partial charge in [-0.05, 0) is 58.3 Å². The normalized spacial score (nSPS) is 30.3. The zero-order valence-corrected chi connectivity index (χ0v) is 18.2. The summed E-state index contributed by atoms with van der Waals surface area (Å²) in [5, 5.41) is 6.98. The van der Waals surface area contributed by atoms with Crippen LogP contribution in [0.4, 0.5) is 0 Å². The monoisotopic (exact) mass is 465 g/mol. The lowest BCUT2D eigenvalue weighted by molar-refractivity contribution is 0.0177. The van der Waals surface area contributed by atoms with Gasteiger partial charge in [0.05, 0.1) is 24.4 Å². The molecule has 2 saturated heterocycles. The largest absolute Gasteiger partial charge is 0.378 e. The van der Waals surface area contributed by atoms with E-state index in [9.17, 15) is 0 Å². The van der Waals surface area contributed by atoms with Crippen molar-refractivity contribution in [2.75, 3.05) is 19.7 Å². The molecule has 3 fully saturated rings. The number of fused-ring (bicyclic) bond motifs is 2. The lowest BCUT2D eigenvalue weighted by Crippen LogP contribution is -2.47. The number of guanidine groups is 1. The van der Waals surface area contributed by atoms with Gasteiger partial charge in [0, 0.05) is 19.7 Å². The molecule has 6 heteroatoms. The van der Waals surface area contributed by atoms with E-state index in [-0.39, 0.29) is 24.0 Å². The minimum Gasteiger partial charge on any atom is -0.378 e. The van der Waals surface area contributed by atoms with Crippen molar-refractivity contribution >= 4 is 29.9 Å². The molecule has 4 atom stereocenters. The summed E-state index contributed by atoms with van der Waals surface area (Å²) in [7, 11) is 0. The van der Waals surface area contributed by atoms with Crippen LogP contribution in [0.3, 0.4) is 0 Å². The van der Waals surface area contributed by atoms with Gasteiger partial charge in [-0.3, -0.25) is 4.99 Å². The fourth-order valence-electron chi connectivity index (χ4n) is 4.59. The number of hydrogen-bond donors (Lipinski definition) is 2. The van der Waals surface area contributed by atoms with Crippen molar-refractivity contribution in [3.05, 3.63) is 0 Å². The maximum Gasteiger partial charge on any atom is 0.191 e. The van der Waals surface area contributed by atoms with Crippen molar-refractivity contribution in [3.8, 4) is 0 Å². The highest BCUT2D eigenvalue weighted by Crippen LogP contribution is 2.34. The Labute approximate surface area is 170 Å². The lowest BCUT2D eigenvalue weighted by atomic mass is 9.96. The Kier molecular flexibility index (Phi) is 9.27. The average molecular weight is 465 g/mol. The van der Waals surface area contributed by atoms with Crippen LogP contribution in [0.1, 0.15) is 65.2 Å². The molecule has 146 valence electrons. The number of nitrogens with one attached hydrogen (secondary N) is 2. The van der Waals surface area contributed by atoms with Crippen molar-refractivity contribution in [2.45, 2.75) is 89.6 Å². The third-order valence-corrected chi connectivity index (χ3v) is 5.76. The summed E-state index contributed by atoms with van der Waals surface area (Å²) in [5.74, 6) is 1.69. The van der Waals surface area contributed by atoms with E-state index in [1.807, 2.05) is 0 Å². The van der Waals surface area contributed by atoms with Crippen LogP contribution in [-0.4, -0.2) is 50.0 Å². The molecular formula is C19H36IN3O2. The van der Waals surface area contributed by atoms with Crippen LogP contribution < -0.4 is 10.6 Å². The highest BCUT2D eigenvalue weighted by atomic mass is 127. The van der Waals surface area contributed by atoms with Crippen molar-refractivity contribution < 1.29 is 9.47 Å². The first-order chi connectivity index (χ1) is 11.8. The Bertz CT molecular complexity index is 415. The molecule has 0 spiro atoms. The Morgan fingerprint density at radius 2 is 2.00 bits per heavy atom. The molecule has 1 saturated carbocycles. The SMILES string of the molecule is CCNC(=NCCC(OCC)C1CCCC1)NC1CC2CCC1O2.I. The van der Waals surface area contributed by atoms with E-state index in [1.54, 1.807) is 0 Å². The first-order valence-corrected chi connectivity index (χ1v) is 10.1. The minimum absolute atomic E-state index is 0. The zero-order valence-electron chi connectivity index (χ0n) is 15.8. The lowest BCUT2D eigenvalue weighted by Gasteiger charge is -2.24. The van der Waals surface area contributed by atoms with Crippen molar-refractivity contribution in [1.29, 1.82) is 0 Å². The van der Waals surface area contributed by atoms with Crippen molar-refractivity contribution in [3.63, 3.8) is 0 Å². The topological polar surface area (TPSA) is 54.9 Å². The number of ether oxygens (including phenoxy) is 2. The van der Waals surface area contributed by atoms with E-state index in [0.717, 1.165) is 44.4 Å². The van der Waals surface area contributed by atoms with Gasteiger partial charge in [-0.1, -0.05) is 12.8 Å². The maximum absolute atomic E-state index is 6.01. The quantitative estimate of drug-likeness (QED) is 0.328. The first kappa shape index (κ1) is 21.2. The van der Waals surface area contributed by atoms with Crippen molar-refractivity contribution in [2.24, 2.45) is 10.9 Å². The Balaban J connectivity index is 0.00000225. The fraction of sp³-hybridized carbons (Fsp3) is 0.947. The summed E-state index contributed by atoms with van der Waals surface area (Å²) in [6, 6.07) is 0.430. The summed E-state index contributed by atoms with van der Waals surface area (Å²) < 4.78 is 12.0. The Morgan fingerprint density at radius 1 is 1.20 bits per heavy atom. The number of nitrogens with zero attached hydrogens (tertiary/aromatic N) is 1. The minimum atomic E-state index is 0. The summed E-state index contributed by atoms with van der Waals surface area (Å²) >= 11 is 0. The van der Waals surface area contributed by atoms with Gasteiger partial charge in [-0.15, -0.1) is 24.0 Å². The van der Waals surface area contributed by atoms with Crippen molar-refractivity contribution in [1.82, 2.24) is 10.6 Å². The van der Waals surface area contributed by atoms with Gasteiger partial charge in [-0.2, -0.15) is 0 Å². The number of aliphatic imine (C=N–C) groups is 1. The molecule has 2 bridgehead atoms. The molecule has 0 aromatic carbocycles. The van der Waals surface area contributed by atoms with Gasteiger partial charge < -0.3 is 20.1 Å². The molecule has 0 aromatic rings. The molecule has 2 heterocycles. The molecule has 3 aliphatic rings. The van der Waals surface area contributed by atoms with E-state index < -0.39 is 0 Å². The molecule has 2 N–H and O–H groups in total. The van der Waals surface area contributed by atoms with Gasteiger partial charge in [0.25, 0.3) is 0 Å². The van der Waals surface area contributed by atoms with Crippen LogP contribution in [0.25, 0.3) is 0 Å². The van der Waals surface area contributed by atoms with Crippen LogP contribution in [0.15, 0.2) is 4.99 Å². The molecule has 5 nitrogen and oxygen atoms in total. The van der Waals surface area contributed by atoms with Crippen LogP contribution in [0.5, 0.6) is 0 Å². The molecule has 3 rings (SSSR count). The smallest absolute Gasteiger partial charge is 0.191 e. The van der Waals surface area contributed by atoms with E-state index in [0.29, 0.717) is 24.4 Å². The van der Waals surface area contributed by atoms with Crippen LogP contribution in [0, 0.1) is 5.92 Å².